The third-order valence-electron chi connectivity index (χ3n) is 13.7. The second-order valence-electron chi connectivity index (χ2n) is 19.9. The van der Waals surface area contributed by atoms with Gasteiger partial charge in [0.25, 0.3) is 0 Å². The first-order valence-electron chi connectivity index (χ1n) is 21.4. The molecule has 0 atom stereocenters. The number of nitrogens with zero attached hydrogens (tertiary/aromatic N) is 1. The first-order chi connectivity index (χ1) is 28.7. The quantitative estimate of drug-likeness (QED) is 0.176. The van der Waals surface area contributed by atoms with E-state index in [1.165, 1.54) is 112 Å². The first kappa shape index (κ1) is 36.3. The van der Waals surface area contributed by atoms with Gasteiger partial charge in [0.1, 0.15) is 0 Å². The molecule has 0 saturated heterocycles. The van der Waals surface area contributed by atoms with Crippen LogP contribution in [0.5, 0.6) is 0 Å². The van der Waals surface area contributed by atoms with Crippen molar-refractivity contribution in [2.24, 2.45) is 0 Å². The van der Waals surface area contributed by atoms with Crippen LogP contribution in [0.1, 0.15) is 77.6 Å². The van der Waals surface area contributed by atoms with Crippen molar-refractivity contribution in [1.29, 1.82) is 0 Å². The highest BCUT2D eigenvalue weighted by atomic mass is 32.1. The van der Waals surface area contributed by atoms with Gasteiger partial charge >= 0.3 is 0 Å². The molecule has 0 saturated carbocycles. The lowest BCUT2D eigenvalue weighted by molar-refractivity contribution is 0.590. The second kappa shape index (κ2) is 12.2. The average molecular weight is 811 g/mol. The Kier molecular flexibility index (Phi) is 7.40. The number of anilines is 2. The van der Waals surface area contributed by atoms with Crippen molar-refractivity contribution in [2.75, 3.05) is 5.32 Å². The predicted octanol–water partition coefficient (Wildman–Crippen LogP) is 14.4. The lowest BCUT2D eigenvalue weighted by atomic mass is 9.63. The second-order valence-corrected chi connectivity index (χ2v) is 22.1. The van der Waals surface area contributed by atoms with Crippen LogP contribution < -0.4 is 15.6 Å². The van der Waals surface area contributed by atoms with Crippen molar-refractivity contribution in [3.63, 3.8) is 0 Å². The smallest absolute Gasteiger partial charge is 0.211 e. The van der Waals surface area contributed by atoms with Crippen LogP contribution >= 0.6 is 22.7 Å². The van der Waals surface area contributed by atoms with Crippen LogP contribution in [0.25, 0.3) is 80.0 Å². The number of thiophene rings is 2. The summed E-state index contributed by atoms with van der Waals surface area (Å²) in [4.78, 5) is 0. The minimum absolute atomic E-state index is 0.0516. The first-order valence-corrected chi connectivity index (χ1v) is 23.0. The summed E-state index contributed by atoms with van der Waals surface area (Å²) in [5.74, 6) is 0. The molecule has 60 heavy (non-hydrogen) atoms. The summed E-state index contributed by atoms with van der Waals surface area (Å²) in [6, 6.07) is 49.1. The van der Waals surface area contributed by atoms with Crippen molar-refractivity contribution in [1.82, 2.24) is 4.57 Å². The van der Waals surface area contributed by atoms with Crippen LogP contribution in [0, 0.1) is 0 Å². The van der Waals surface area contributed by atoms with Crippen molar-refractivity contribution in [3.05, 3.63) is 150 Å². The summed E-state index contributed by atoms with van der Waals surface area (Å²) in [7, 11) is 0.889. The van der Waals surface area contributed by atoms with Gasteiger partial charge in [-0.3, -0.25) is 0 Å². The van der Waals surface area contributed by atoms with Crippen molar-refractivity contribution in [3.8, 4) is 27.9 Å². The SMILES string of the molecule is CC(C)(C)c1ccc(Nc2cc3c(cc2-c2ccc4c5cc6sc7ccccc7c6cc5n5c4c2Bc2sc4ccc(C(C)(C)C)cc4c2-5)C(C)(C)c2ccccc2-3)cc1. The van der Waals surface area contributed by atoms with Gasteiger partial charge in [-0.1, -0.05) is 128 Å². The maximum atomic E-state index is 3.99. The van der Waals surface area contributed by atoms with Gasteiger partial charge in [0, 0.05) is 68.9 Å². The molecule has 2 nitrogen and oxygen atoms in total. The summed E-state index contributed by atoms with van der Waals surface area (Å²) < 4.78 is 8.16. The molecule has 0 amide bonds. The molecule has 3 aromatic heterocycles. The van der Waals surface area contributed by atoms with Gasteiger partial charge < -0.3 is 9.88 Å². The Morgan fingerprint density at radius 3 is 2.07 bits per heavy atom. The average Bonchev–Trinajstić information content (AvgIpc) is 3.93. The van der Waals surface area contributed by atoms with Crippen LogP contribution in [0.4, 0.5) is 11.4 Å². The number of nitrogens with one attached hydrogen (secondary N) is 1. The zero-order valence-corrected chi connectivity index (χ0v) is 37.2. The molecule has 2 aliphatic rings. The number of hydrogen-bond acceptors (Lipinski definition) is 3. The van der Waals surface area contributed by atoms with Gasteiger partial charge in [-0.2, -0.15) is 0 Å². The van der Waals surface area contributed by atoms with Gasteiger partial charge in [0.2, 0.25) is 7.28 Å². The minimum Gasteiger partial charge on any atom is -0.355 e. The maximum Gasteiger partial charge on any atom is 0.211 e. The van der Waals surface area contributed by atoms with E-state index >= 15 is 0 Å². The highest BCUT2D eigenvalue weighted by Crippen LogP contribution is 2.52. The van der Waals surface area contributed by atoms with Crippen LogP contribution in [-0.2, 0) is 16.2 Å². The highest BCUT2D eigenvalue weighted by Gasteiger charge is 2.37. The summed E-state index contributed by atoms with van der Waals surface area (Å²) in [5.41, 5.74) is 18.4. The number of hydrogen-bond donors (Lipinski definition) is 1. The van der Waals surface area contributed by atoms with Crippen molar-refractivity contribution >= 4 is 104 Å². The molecule has 1 aliphatic heterocycles. The van der Waals surface area contributed by atoms with Gasteiger partial charge in [-0.05, 0) is 115 Å². The van der Waals surface area contributed by atoms with E-state index in [-0.39, 0.29) is 16.2 Å². The lowest BCUT2D eigenvalue weighted by Gasteiger charge is -2.25. The van der Waals surface area contributed by atoms with Gasteiger partial charge in [-0.25, -0.2) is 0 Å². The Morgan fingerprint density at radius 1 is 0.533 bits per heavy atom. The van der Waals surface area contributed by atoms with E-state index < -0.39 is 0 Å². The number of aromatic nitrogens is 1. The molecule has 0 fully saturated rings. The number of fused-ring (bicyclic) bond motifs is 13. The van der Waals surface area contributed by atoms with E-state index in [0.717, 1.165) is 18.7 Å². The van der Waals surface area contributed by atoms with Crippen molar-refractivity contribution in [2.45, 2.75) is 71.6 Å². The predicted molar refractivity (Wildman–Crippen MR) is 266 cm³/mol. The van der Waals surface area contributed by atoms with Crippen LogP contribution in [-0.4, -0.2) is 11.8 Å². The molecule has 0 unspecified atom stereocenters. The standard InChI is InChI=1S/C55H47BN2S2/c1-53(2,3)30-17-20-32(21-18-30)57-44-27-37-33-13-9-11-15-42(33)55(7,8)43(37)26-38(44)35-22-23-36-39-29-48-40(34-14-10-12-16-46(34)59-48)28-45(39)58-50(36)49(35)56-52-51(58)41-25-31(54(4,5)6)19-24-47(41)60-52/h9-29,56-57H,1-8H3. The molecule has 5 heteroatoms. The molecule has 0 spiro atoms. The molecule has 7 aromatic carbocycles. The van der Waals surface area contributed by atoms with Gasteiger partial charge in [0.05, 0.1) is 11.2 Å². The summed E-state index contributed by atoms with van der Waals surface area (Å²) >= 11 is 3.89. The Bertz CT molecular complexity index is 3470. The minimum atomic E-state index is -0.123. The normalized spacial score (nSPS) is 14.3. The Morgan fingerprint density at radius 2 is 1.27 bits per heavy atom. The Hall–Kier alpha value is -5.62. The van der Waals surface area contributed by atoms with Gasteiger partial charge in [-0.15, -0.1) is 22.7 Å². The van der Waals surface area contributed by atoms with E-state index in [9.17, 15) is 0 Å². The molecule has 4 heterocycles. The van der Waals surface area contributed by atoms with E-state index in [0.29, 0.717) is 0 Å². The maximum absolute atomic E-state index is 3.99. The third-order valence-corrected chi connectivity index (χ3v) is 16.0. The zero-order chi connectivity index (χ0) is 41.0. The van der Waals surface area contributed by atoms with E-state index in [4.69, 9.17) is 0 Å². The Labute approximate surface area is 360 Å². The van der Waals surface area contributed by atoms with Crippen LogP contribution in [0.15, 0.2) is 127 Å². The Balaban J connectivity index is 1.16. The zero-order valence-electron chi connectivity index (χ0n) is 35.6. The van der Waals surface area contributed by atoms with E-state index in [2.05, 4.69) is 193 Å². The molecule has 12 rings (SSSR count). The summed E-state index contributed by atoms with van der Waals surface area (Å²) in [5, 5.41) is 10.7. The summed E-state index contributed by atoms with van der Waals surface area (Å²) in [6.07, 6.45) is 0. The molecular weight excluding hydrogens is 764 g/mol. The van der Waals surface area contributed by atoms with Crippen LogP contribution in [0.3, 0.4) is 0 Å². The van der Waals surface area contributed by atoms with Crippen LogP contribution in [0.2, 0.25) is 0 Å². The molecule has 292 valence electrons. The fraction of sp³-hybridized carbons (Fsp3) is 0.200. The van der Waals surface area contributed by atoms with Crippen molar-refractivity contribution < 1.29 is 0 Å². The molecule has 1 N–H and O–H groups in total. The van der Waals surface area contributed by atoms with E-state index in [1.807, 2.05) is 22.7 Å². The third kappa shape index (κ3) is 5.12. The summed E-state index contributed by atoms with van der Waals surface area (Å²) in [6.45, 7) is 18.6. The molecule has 10 aromatic rings. The molecule has 1 aliphatic carbocycles. The van der Waals surface area contributed by atoms with Gasteiger partial charge in [0.15, 0.2) is 0 Å². The topological polar surface area (TPSA) is 17.0 Å². The largest absolute Gasteiger partial charge is 0.355 e. The monoisotopic (exact) mass is 810 g/mol. The molecular formula is C55H47BN2S2. The highest BCUT2D eigenvalue weighted by molar-refractivity contribution is 7.29. The molecule has 0 bridgehead atoms. The number of benzene rings is 7. The number of rotatable bonds is 3. The fourth-order valence-corrected chi connectivity index (χ4v) is 12.8. The molecule has 0 radical (unpaired) electrons. The van der Waals surface area contributed by atoms with E-state index in [1.54, 1.807) is 0 Å². The lowest BCUT2D eigenvalue weighted by Crippen LogP contribution is -2.35. The fourth-order valence-electron chi connectivity index (χ4n) is 10.5.